The first-order valence-corrected chi connectivity index (χ1v) is 9.65. The van der Waals surface area contributed by atoms with Crippen LogP contribution >= 0.6 is 11.3 Å². The summed E-state index contributed by atoms with van der Waals surface area (Å²) in [5.74, 6) is 2.50. The van der Waals surface area contributed by atoms with E-state index in [1.165, 1.54) is 11.3 Å². The first-order chi connectivity index (χ1) is 14.1. The fourth-order valence-electron chi connectivity index (χ4n) is 2.82. The molecule has 2 N–H and O–H groups in total. The van der Waals surface area contributed by atoms with Gasteiger partial charge in [0.15, 0.2) is 16.6 Å². The minimum absolute atomic E-state index is 0.155. The number of carbonyl (C=O) groups excluding carboxylic acids is 1. The monoisotopic (exact) mass is 413 g/mol. The number of fused-ring (bicyclic) bond motifs is 1. The van der Waals surface area contributed by atoms with Gasteiger partial charge in [0.2, 0.25) is 12.7 Å². The van der Waals surface area contributed by atoms with Crippen LogP contribution in [0.4, 0.5) is 16.5 Å². The summed E-state index contributed by atoms with van der Waals surface area (Å²) in [5.41, 5.74) is 2.05. The van der Waals surface area contributed by atoms with Gasteiger partial charge in [0.25, 0.3) is 0 Å². The first-order valence-electron chi connectivity index (χ1n) is 8.77. The zero-order chi connectivity index (χ0) is 20.2. The summed E-state index contributed by atoms with van der Waals surface area (Å²) in [6, 6.07) is 10.7. The Morgan fingerprint density at radius 1 is 1.14 bits per heavy atom. The van der Waals surface area contributed by atoms with Crippen LogP contribution in [0, 0.1) is 0 Å². The Morgan fingerprint density at radius 2 is 2.00 bits per heavy atom. The van der Waals surface area contributed by atoms with Crippen LogP contribution in [-0.4, -0.2) is 31.9 Å². The van der Waals surface area contributed by atoms with Crippen molar-refractivity contribution in [1.29, 1.82) is 0 Å². The van der Waals surface area contributed by atoms with Gasteiger partial charge >= 0.3 is 0 Å². The van der Waals surface area contributed by atoms with Gasteiger partial charge in [-0.2, -0.15) is 0 Å². The van der Waals surface area contributed by atoms with E-state index in [0.717, 1.165) is 5.69 Å². The van der Waals surface area contributed by atoms with Crippen molar-refractivity contribution in [3.8, 4) is 23.0 Å². The van der Waals surface area contributed by atoms with Gasteiger partial charge in [0.1, 0.15) is 11.5 Å². The maximum atomic E-state index is 12.4. The number of carbonyl (C=O) groups is 1. The summed E-state index contributed by atoms with van der Waals surface area (Å²) in [6.07, 6.45) is 0.155. The molecule has 0 saturated carbocycles. The van der Waals surface area contributed by atoms with Crippen LogP contribution in [0.25, 0.3) is 0 Å². The Hall–Kier alpha value is -3.46. The van der Waals surface area contributed by atoms with Crippen LogP contribution in [0.5, 0.6) is 23.0 Å². The number of hydrogen-bond donors (Lipinski definition) is 2. The molecule has 0 aliphatic carbocycles. The second-order valence-corrected chi connectivity index (χ2v) is 6.99. The van der Waals surface area contributed by atoms with Crippen LogP contribution in [0.3, 0.4) is 0 Å². The largest absolute Gasteiger partial charge is 0.497 e. The molecule has 0 saturated heterocycles. The van der Waals surface area contributed by atoms with Crippen LogP contribution in [0.2, 0.25) is 0 Å². The number of anilines is 3. The standard InChI is InChI=1S/C20H19N3O5S/c1-25-14-4-6-16(26-2)15(9-14)23-20-22-13(10-29-20)8-19(24)21-12-3-5-17-18(7-12)28-11-27-17/h3-7,9-10H,8,11H2,1-2H3,(H,21,24)(H,22,23). The van der Waals surface area contributed by atoms with Crippen molar-refractivity contribution in [2.24, 2.45) is 0 Å². The predicted octanol–water partition coefficient (Wildman–Crippen LogP) is 3.81. The van der Waals surface area contributed by atoms with Gasteiger partial charge < -0.3 is 29.6 Å². The SMILES string of the molecule is COc1ccc(OC)c(Nc2nc(CC(=O)Nc3ccc4c(c3)OCO4)cs2)c1. The van der Waals surface area contributed by atoms with E-state index < -0.39 is 0 Å². The van der Waals surface area contributed by atoms with E-state index in [9.17, 15) is 4.79 Å². The number of nitrogens with zero attached hydrogens (tertiary/aromatic N) is 1. The molecule has 1 amide bonds. The van der Waals surface area contributed by atoms with Crippen molar-refractivity contribution in [1.82, 2.24) is 4.98 Å². The third-order valence-electron chi connectivity index (χ3n) is 4.20. The van der Waals surface area contributed by atoms with E-state index in [-0.39, 0.29) is 19.1 Å². The minimum atomic E-state index is -0.167. The molecule has 1 aliphatic heterocycles. The Balaban J connectivity index is 1.40. The van der Waals surface area contributed by atoms with E-state index in [4.69, 9.17) is 18.9 Å². The number of ether oxygens (including phenoxy) is 4. The zero-order valence-electron chi connectivity index (χ0n) is 15.9. The molecule has 0 unspecified atom stereocenters. The van der Waals surface area contributed by atoms with E-state index in [1.807, 2.05) is 23.6 Å². The number of thiazole rings is 1. The Labute approximate surface area is 171 Å². The summed E-state index contributed by atoms with van der Waals surface area (Å²) in [5, 5.41) is 8.55. The number of nitrogens with one attached hydrogen (secondary N) is 2. The second-order valence-electron chi connectivity index (χ2n) is 6.13. The van der Waals surface area contributed by atoms with Gasteiger partial charge in [-0.25, -0.2) is 4.98 Å². The van der Waals surface area contributed by atoms with E-state index in [0.29, 0.717) is 39.5 Å². The molecule has 3 aromatic rings. The highest BCUT2D eigenvalue weighted by Gasteiger charge is 2.15. The Morgan fingerprint density at radius 3 is 2.83 bits per heavy atom. The molecular weight excluding hydrogens is 394 g/mol. The minimum Gasteiger partial charge on any atom is -0.497 e. The molecular formula is C20H19N3O5S. The van der Waals surface area contributed by atoms with Crippen molar-refractivity contribution >= 4 is 33.8 Å². The van der Waals surface area contributed by atoms with Crippen molar-refractivity contribution < 1.29 is 23.7 Å². The van der Waals surface area contributed by atoms with Gasteiger partial charge in [0, 0.05) is 23.2 Å². The Bertz CT molecular complexity index is 1040. The summed E-state index contributed by atoms with van der Waals surface area (Å²) < 4.78 is 21.2. The molecule has 1 aliphatic rings. The fraction of sp³-hybridized carbons (Fsp3) is 0.200. The fourth-order valence-corrected chi connectivity index (χ4v) is 3.54. The smallest absolute Gasteiger partial charge is 0.231 e. The number of methoxy groups -OCH3 is 2. The maximum Gasteiger partial charge on any atom is 0.231 e. The van der Waals surface area contributed by atoms with Crippen molar-refractivity contribution in [2.45, 2.75) is 6.42 Å². The normalized spacial score (nSPS) is 11.8. The molecule has 0 radical (unpaired) electrons. The number of hydrogen-bond acceptors (Lipinski definition) is 8. The number of benzene rings is 2. The quantitative estimate of drug-likeness (QED) is 0.609. The number of amides is 1. The maximum absolute atomic E-state index is 12.4. The van der Waals surface area contributed by atoms with Crippen molar-refractivity contribution in [3.05, 3.63) is 47.5 Å². The average Bonchev–Trinajstić information content (AvgIpc) is 3.36. The molecule has 0 bridgehead atoms. The summed E-state index contributed by atoms with van der Waals surface area (Å²) in [6.45, 7) is 0.194. The van der Waals surface area contributed by atoms with Crippen LogP contribution in [-0.2, 0) is 11.2 Å². The average molecular weight is 413 g/mol. The van der Waals surface area contributed by atoms with Gasteiger partial charge in [-0.1, -0.05) is 0 Å². The van der Waals surface area contributed by atoms with Crippen molar-refractivity contribution in [3.63, 3.8) is 0 Å². The van der Waals surface area contributed by atoms with Crippen molar-refractivity contribution in [2.75, 3.05) is 31.6 Å². The topological polar surface area (TPSA) is 90.9 Å². The van der Waals surface area contributed by atoms with Crippen LogP contribution < -0.4 is 29.6 Å². The van der Waals surface area contributed by atoms with Crippen LogP contribution in [0.1, 0.15) is 5.69 Å². The second kappa shape index (κ2) is 8.27. The highest BCUT2D eigenvalue weighted by atomic mass is 32.1. The summed E-state index contributed by atoms with van der Waals surface area (Å²) in [4.78, 5) is 16.8. The van der Waals surface area contributed by atoms with Gasteiger partial charge in [-0.15, -0.1) is 11.3 Å². The molecule has 29 heavy (non-hydrogen) atoms. The van der Waals surface area contributed by atoms with Crippen LogP contribution in [0.15, 0.2) is 41.8 Å². The lowest BCUT2D eigenvalue weighted by Crippen LogP contribution is -2.14. The lowest BCUT2D eigenvalue weighted by atomic mass is 10.2. The highest BCUT2D eigenvalue weighted by Crippen LogP contribution is 2.34. The molecule has 0 fully saturated rings. The molecule has 9 heteroatoms. The lowest BCUT2D eigenvalue weighted by molar-refractivity contribution is -0.115. The predicted molar refractivity (Wildman–Crippen MR) is 110 cm³/mol. The molecule has 0 spiro atoms. The molecule has 8 nitrogen and oxygen atoms in total. The molecule has 1 aromatic heterocycles. The third kappa shape index (κ3) is 4.35. The summed E-state index contributed by atoms with van der Waals surface area (Å²) in [7, 11) is 3.20. The Kier molecular flexibility index (Phi) is 5.39. The lowest BCUT2D eigenvalue weighted by Gasteiger charge is -2.10. The molecule has 0 atom stereocenters. The zero-order valence-corrected chi connectivity index (χ0v) is 16.7. The number of rotatable bonds is 7. The first kappa shape index (κ1) is 18.9. The molecule has 150 valence electrons. The van der Waals surface area contributed by atoms with E-state index in [1.54, 1.807) is 32.4 Å². The third-order valence-corrected chi connectivity index (χ3v) is 5.00. The van der Waals surface area contributed by atoms with Gasteiger partial charge in [-0.3, -0.25) is 4.79 Å². The number of aromatic nitrogens is 1. The highest BCUT2D eigenvalue weighted by molar-refractivity contribution is 7.13. The van der Waals surface area contributed by atoms with E-state index >= 15 is 0 Å². The van der Waals surface area contributed by atoms with Gasteiger partial charge in [-0.05, 0) is 24.3 Å². The summed E-state index contributed by atoms with van der Waals surface area (Å²) >= 11 is 1.41. The van der Waals surface area contributed by atoms with Gasteiger partial charge in [0.05, 0.1) is 32.0 Å². The molecule has 2 heterocycles. The molecule has 4 rings (SSSR count). The molecule has 2 aromatic carbocycles. The van der Waals surface area contributed by atoms with E-state index in [2.05, 4.69) is 15.6 Å².